The largest absolute Gasteiger partial charge is 0.481 e. The molecule has 4 nitrogen and oxygen atoms in total. The second-order valence-electron chi connectivity index (χ2n) is 4.74. The van der Waals surface area contributed by atoms with Crippen molar-refractivity contribution in [2.24, 2.45) is 0 Å². The minimum absolute atomic E-state index is 0.671. The van der Waals surface area contributed by atoms with Crippen molar-refractivity contribution in [2.75, 3.05) is 30.4 Å². The summed E-state index contributed by atoms with van der Waals surface area (Å²) in [6.07, 6.45) is 1.74. The van der Waals surface area contributed by atoms with Crippen molar-refractivity contribution in [3.63, 3.8) is 0 Å². The quantitative estimate of drug-likeness (QED) is 0.844. The zero-order chi connectivity index (χ0) is 15.1. The highest BCUT2D eigenvalue weighted by Crippen LogP contribution is 2.20. The molecule has 1 aromatic heterocycles. The summed E-state index contributed by atoms with van der Waals surface area (Å²) in [6, 6.07) is 12.4. The van der Waals surface area contributed by atoms with Gasteiger partial charge in [0.1, 0.15) is 0 Å². The molecule has 0 aliphatic carbocycles. The molecule has 2 rings (SSSR count). The minimum atomic E-state index is 0.671. The number of anilines is 2. The van der Waals surface area contributed by atoms with Crippen LogP contribution in [0.2, 0.25) is 0 Å². The Morgan fingerprint density at radius 1 is 1.10 bits per heavy atom. The Balaban J connectivity index is 2.00. The smallest absolute Gasteiger partial charge is 0.218 e. The lowest BCUT2D eigenvalue weighted by molar-refractivity contribution is 0.393. The first kappa shape index (κ1) is 15.2. The lowest BCUT2D eigenvalue weighted by Crippen LogP contribution is -2.21. The summed E-state index contributed by atoms with van der Waals surface area (Å²) < 4.78 is 5.26. The van der Waals surface area contributed by atoms with Crippen molar-refractivity contribution in [3.05, 3.63) is 48.2 Å². The number of nitrogens with one attached hydrogen (secondary N) is 1. The second kappa shape index (κ2) is 7.53. The average Bonchev–Trinajstić information content (AvgIpc) is 2.55. The van der Waals surface area contributed by atoms with E-state index in [1.54, 1.807) is 13.3 Å². The molecule has 0 fully saturated rings. The molecule has 21 heavy (non-hydrogen) atoms. The molecular weight excluding hydrogens is 262 g/mol. The summed E-state index contributed by atoms with van der Waals surface area (Å²) in [6.45, 7) is 7.09. The van der Waals surface area contributed by atoms with E-state index in [1.165, 1.54) is 5.69 Å². The fraction of sp³-hybridized carbons (Fsp3) is 0.353. The van der Waals surface area contributed by atoms with Crippen molar-refractivity contribution in [1.29, 1.82) is 0 Å². The number of pyridine rings is 1. The number of benzene rings is 1. The number of ether oxygens (including phenoxy) is 1. The van der Waals surface area contributed by atoms with E-state index in [-0.39, 0.29) is 0 Å². The Hall–Kier alpha value is -2.23. The molecule has 0 spiro atoms. The molecule has 1 N–H and O–H groups in total. The summed E-state index contributed by atoms with van der Waals surface area (Å²) in [7, 11) is 1.64. The normalized spacial score (nSPS) is 10.2. The minimum Gasteiger partial charge on any atom is -0.481 e. The summed E-state index contributed by atoms with van der Waals surface area (Å²) in [4.78, 5) is 6.53. The molecule has 0 amide bonds. The molecule has 0 atom stereocenters. The second-order valence-corrected chi connectivity index (χ2v) is 4.74. The fourth-order valence-electron chi connectivity index (χ4n) is 2.32. The van der Waals surface area contributed by atoms with Gasteiger partial charge in [0.2, 0.25) is 5.88 Å². The molecule has 1 aromatic carbocycles. The van der Waals surface area contributed by atoms with Crippen LogP contribution in [0.3, 0.4) is 0 Å². The van der Waals surface area contributed by atoms with Crippen LogP contribution in [0, 0.1) is 0 Å². The lowest BCUT2D eigenvalue weighted by atomic mass is 10.2. The van der Waals surface area contributed by atoms with Crippen LogP contribution in [-0.2, 0) is 6.54 Å². The predicted molar refractivity (Wildman–Crippen MR) is 88.1 cm³/mol. The topological polar surface area (TPSA) is 37.4 Å². The molecule has 4 heteroatoms. The molecule has 0 saturated carbocycles. The van der Waals surface area contributed by atoms with Crippen LogP contribution in [0.4, 0.5) is 11.4 Å². The van der Waals surface area contributed by atoms with E-state index in [2.05, 4.69) is 53.3 Å². The zero-order valence-corrected chi connectivity index (χ0v) is 13.0. The average molecular weight is 285 g/mol. The van der Waals surface area contributed by atoms with E-state index in [0.29, 0.717) is 12.4 Å². The molecule has 1 heterocycles. The maximum Gasteiger partial charge on any atom is 0.218 e. The zero-order valence-electron chi connectivity index (χ0n) is 13.0. The van der Waals surface area contributed by atoms with E-state index >= 15 is 0 Å². The fourth-order valence-corrected chi connectivity index (χ4v) is 2.32. The highest BCUT2D eigenvalue weighted by atomic mass is 16.5. The third-order valence-electron chi connectivity index (χ3n) is 3.52. The Kier molecular flexibility index (Phi) is 5.43. The number of aromatic nitrogens is 1. The monoisotopic (exact) mass is 285 g/mol. The Bertz CT molecular complexity index is 550. The van der Waals surface area contributed by atoms with Crippen LogP contribution in [0.15, 0.2) is 42.6 Å². The molecule has 0 aliphatic rings. The summed E-state index contributed by atoms with van der Waals surface area (Å²) in [5.41, 5.74) is 3.40. The summed E-state index contributed by atoms with van der Waals surface area (Å²) >= 11 is 0. The van der Waals surface area contributed by atoms with Crippen LogP contribution in [0.5, 0.6) is 5.88 Å². The van der Waals surface area contributed by atoms with Gasteiger partial charge in [-0.05, 0) is 44.2 Å². The first-order valence-corrected chi connectivity index (χ1v) is 7.35. The van der Waals surface area contributed by atoms with Gasteiger partial charge in [-0.3, -0.25) is 0 Å². The SMILES string of the molecule is CCN(CC)c1ccc(NCc2cccnc2OC)cc1. The Labute approximate surface area is 126 Å². The Morgan fingerprint density at radius 2 is 1.81 bits per heavy atom. The van der Waals surface area contributed by atoms with Crippen LogP contribution in [0.25, 0.3) is 0 Å². The van der Waals surface area contributed by atoms with Gasteiger partial charge >= 0.3 is 0 Å². The third-order valence-corrected chi connectivity index (χ3v) is 3.52. The van der Waals surface area contributed by atoms with Crippen molar-refractivity contribution in [3.8, 4) is 5.88 Å². The van der Waals surface area contributed by atoms with E-state index in [0.717, 1.165) is 24.3 Å². The first-order valence-electron chi connectivity index (χ1n) is 7.35. The van der Waals surface area contributed by atoms with Crippen molar-refractivity contribution in [1.82, 2.24) is 4.98 Å². The maximum atomic E-state index is 5.26. The number of hydrogen-bond donors (Lipinski definition) is 1. The van der Waals surface area contributed by atoms with E-state index in [9.17, 15) is 0 Å². The molecule has 0 bridgehead atoms. The van der Waals surface area contributed by atoms with Crippen LogP contribution in [0.1, 0.15) is 19.4 Å². The maximum absolute atomic E-state index is 5.26. The van der Waals surface area contributed by atoms with Gasteiger partial charge < -0.3 is 15.0 Å². The number of methoxy groups -OCH3 is 1. The van der Waals surface area contributed by atoms with Crippen LogP contribution >= 0.6 is 0 Å². The third kappa shape index (κ3) is 3.88. The highest BCUT2D eigenvalue weighted by molar-refractivity contribution is 5.55. The van der Waals surface area contributed by atoms with Gasteiger partial charge in [0.05, 0.1) is 7.11 Å². The van der Waals surface area contributed by atoms with Gasteiger partial charge in [-0.25, -0.2) is 4.98 Å². The molecule has 0 aliphatic heterocycles. The van der Waals surface area contributed by atoms with Crippen LogP contribution < -0.4 is 15.0 Å². The number of nitrogens with zero attached hydrogens (tertiary/aromatic N) is 2. The molecule has 0 unspecified atom stereocenters. The molecule has 2 aromatic rings. The van der Waals surface area contributed by atoms with Gasteiger partial charge in [0.15, 0.2) is 0 Å². The summed E-state index contributed by atoms with van der Waals surface area (Å²) in [5.74, 6) is 0.671. The molecule has 0 saturated heterocycles. The molecular formula is C17H23N3O. The van der Waals surface area contributed by atoms with Crippen molar-refractivity contribution in [2.45, 2.75) is 20.4 Å². The van der Waals surface area contributed by atoms with Gasteiger partial charge in [-0.2, -0.15) is 0 Å². The predicted octanol–water partition coefficient (Wildman–Crippen LogP) is 3.55. The van der Waals surface area contributed by atoms with E-state index in [4.69, 9.17) is 4.74 Å². The standard InChI is InChI=1S/C17H23N3O/c1-4-20(5-2)16-10-8-15(9-11-16)19-13-14-7-6-12-18-17(14)21-3/h6-12,19H,4-5,13H2,1-3H3. The highest BCUT2D eigenvalue weighted by Gasteiger charge is 2.04. The van der Waals surface area contributed by atoms with E-state index < -0.39 is 0 Å². The Morgan fingerprint density at radius 3 is 2.43 bits per heavy atom. The molecule has 0 radical (unpaired) electrons. The molecule has 112 valence electrons. The van der Waals surface area contributed by atoms with Gasteiger partial charge in [0, 0.05) is 42.8 Å². The van der Waals surface area contributed by atoms with Crippen molar-refractivity contribution < 1.29 is 4.74 Å². The lowest BCUT2D eigenvalue weighted by Gasteiger charge is -2.21. The van der Waals surface area contributed by atoms with Gasteiger partial charge in [-0.15, -0.1) is 0 Å². The number of hydrogen-bond acceptors (Lipinski definition) is 4. The van der Waals surface area contributed by atoms with E-state index in [1.807, 2.05) is 12.1 Å². The summed E-state index contributed by atoms with van der Waals surface area (Å²) in [5, 5.41) is 3.40. The van der Waals surface area contributed by atoms with Crippen molar-refractivity contribution >= 4 is 11.4 Å². The van der Waals surface area contributed by atoms with Gasteiger partial charge in [0.25, 0.3) is 0 Å². The van der Waals surface area contributed by atoms with Gasteiger partial charge in [-0.1, -0.05) is 6.07 Å². The first-order chi connectivity index (χ1) is 10.3. The number of rotatable bonds is 7. The van der Waals surface area contributed by atoms with Crippen LogP contribution in [-0.4, -0.2) is 25.2 Å².